The molecule has 0 radical (unpaired) electrons. The number of aromatic nitrogens is 2. The number of likely N-dealkylation sites (tertiary alicyclic amines) is 1. The second-order valence-electron chi connectivity index (χ2n) is 8.03. The number of likely N-dealkylation sites (N-methyl/N-ethyl adjacent to an activating group) is 1. The van der Waals surface area contributed by atoms with E-state index < -0.39 is 0 Å². The molecule has 1 amide bonds. The summed E-state index contributed by atoms with van der Waals surface area (Å²) in [7, 11) is 2.17. The van der Waals surface area contributed by atoms with Gasteiger partial charge in [-0.3, -0.25) is 9.69 Å². The maximum absolute atomic E-state index is 12.7. The van der Waals surface area contributed by atoms with E-state index in [1.54, 1.807) is 0 Å². The first-order chi connectivity index (χ1) is 13.0. The number of rotatable bonds is 6. The second kappa shape index (κ2) is 9.17. The number of piperazine rings is 1. The lowest BCUT2D eigenvalue weighted by atomic mass is 10.0. The number of nitrogens with zero attached hydrogens (tertiary/aromatic N) is 5. The first-order valence-electron chi connectivity index (χ1n) is 10.5. The zero-order valence-electron chi connectivity index (χ0n) is 17.5. The maximum Gasteiger partial charge on any atom is 0.271 e. The van der Waals surface area contributed by atoms with Crippen molar-refractivity contribution in [3.05, 3.63) is 17.2 Å². The molecule has 27 heavy (non-hydrogen) atoms. The number of piperidine rings is 1. The minimum Gasteiger partial charge on any atom is -0.349 e. The van der Waals surface area contributed by atoms with Gasteiger partial charge < -0.3 is 19.7 Å². The Morgan fingerprint density at radius 1 is 1.07 bits per heavy atom. The van der Waals surface area contributed by atoms with Gasteiger partial charge in [-0.1, -0.05) is 6.92 Å². The molecule has 0 saturated carbocycles. The topological polar surface area (TPSA) is 56.6 Å². The fourth-order valence-electron chi connectivity index (χ4n) is 4.40. The molecule has 0 atom stereocenters. The van der Waals surface area contributed by atoms with Crippen LogP contribution in [-0.4, -0.2) is 96.1 Å². The lowest BCUT2D eigenvalue weighted by Gasteiger charge is -2.33. The SMILES string of the molecule is CCN1CCN(CCNC(=O)c2nc(C)n(C3CCN(C)CC3)c2C)CC1. The van der Waals surface area contributed by atoms with Crippen molar-refractivity contribution < 1.29 is 4.79 Å². The van der Waals surface area contributed by atoms with E-state index in [1.165, 1.54) is 0 Å². The number of hydrogen-bond donors (Lipinski definition) is 1. The molecule has 0 unspecified atom stereocenters. The number of imidazole rings is 1. The average molecular weight is 377 g/mol. The molecule has 1 N–H and O–H groups in total. The third kappa shape index (κ3) is 4.89. The van der Waals surface area contributed by atoms with Crippen LogP contribution in [0.5, 0.6) is 0 Å². The van der Waals surface area contributed by atoms with Crippen molar-refractivity contribution in [1.29, 1.82) is 0 Å². The predicted octanol–water partition coefficient (Wildman–Crippen LogP) is 1.13. The Bertz CT molecular complexity index is 627. The number of aryl methyl sites for hydroxylation is 1. The van der Waals surface area contributed by atoms with E-state index in [1.807, 2.05) is 13.8 Å². The Kier molecular flexibility index (Phi) is 6.89. The molecule has 7 heteroatoms. The molecule has 3 rings (SSSR count). The van der Waals surface area contributed by atoms with Gasteiger partial charge in [0.1, 0.15) is 11.5 Å². The Balaban J connectivity index is 1.52. The summed E-state index contributed by atoms with van der Waals surface area (Å²) in [5.41, 5.74) is 1.61. The molecule has 2 fully saturated rings. The summed E-state index contributed by atoms with van der Waals surface area (Å²) in [5.74, 6) is 0.928. The van der Waals surface area contributed by atoms with Crippen LogP contribution in [0.1, 0.15) is 47.8 Å². The van der Waals surface area contributed by atoms with E-state index in [-0.39, 0.29) is 5.91 Å². The summed E-state index contributed by atoms with van der Waals surface area (Å²) in [5, 5.41) is 3.08. The molecular weight excluding hydrogens is 340 g/mol. The molecule has 0 spiro atoms. The van der Waals surface area contributed by atoms with Crippen molar-refractivity contribution in [3.8, 4) is 0 Å². The minimum atomic E-state index is -0.0329. The summed E-state index contributed by atoms with van der Waals surface area (Å²) < 4.78 is 2.28. The first kappa shape index (κ1) is 20.3. The summed E-state index contributed by atoms with van der Waals surface area (Å²) in [4.78, 5) is 24.6. The maximum atomic E-state index is 12.7. The van der Waals surface area contributed by atoms with Gasteiger partial charge >= 0.3 is 0 Å². The lowest BCUT2D eigenvalue weighted by molar-refractivity contribution is 0.0932. The quantitative estimate of drug-likeness (QED) is 0.807. The molecule has 1 aromatic rings. The highest BCUT2D eigenvalue weighted by atomic mass is 16.1. The second-order valence-corrected chi connectivity index (χ2v) is 8.03. The number of amides is 1. The van der Waals surface area contributed by atoms with E-state index in [4.69, 9.17) is 0 Å². The van der Waals surface area contributed by atoms with Crippen LogP contribution in [0.3, 0.4) is 0 Å². The summed E-state index contributed by atoms with van der Waals surface area (Å²) in [6.07, 6.45) is 2.25. The third-order valence-corrected chi connectivity index (χ3v) is 6.22. The van der Waals surface area contributed by atoms with Crippen LogP contribution >= 0.6 is 0 Å². The first-order valence-corrected chi connectivity index (χ1v) is 10.5. The van der Waals surface area contributed by atoms with Crippen molar-refractivity contribution in [1.82, 2.24) is 29.6 Å². The summed E-state index contributed by atoms with van der Waals surface area (Å²) in [6, 6.07) is 0.463. The van der Waals surface area contributed by atoms with Gasteiger partial charge in [0, 0.05) is 51.0 Å². The van der Waals surface area contributed by atoms with Crippen molar-refractivity contribution in [2.45, 2.75) is 39.7 Å². The Morgan fingerprint density at radius 2 is 1.70 bits per heavy atom. The van der Waals surface area contributed by atoms with Gasteiger partial charge in [-0.05, 0) is 53.4 Å². The molecule has 1 aromatic heterocycles. The van der Waals surface area contributed by atoms with Crippen molar-refractivity contribution in [2.24, 2.45) is 0 Å². The fraction of sp³-hybridized carbons (Fsp3) is 0.800. The normalized spacial score (nSPS) is 20.9. The van der Waals surface area contributed by atoms with E-state index in [0.29, 0.717) is 18.3 Å². The molecule has 152 valence electrons. The van der Waals surface area contributed by atoms with E-state index in [2.05, 4.69) is 43.5 Å². The molecule has 0 aromatic carbocycles. The van der Waals surface area contributed by atoms with Crippen LogP contribution < -0.4 is 5.32 Å². The van der Waals surface area contributed by atoms with Crippen molar-refractivity contribution in [2.75, 3.05) is 66.0 Å². The van der Waals surface area contributed by atoms with Gasteiger partial charge in [0.25, 0.3) is 5.91 Å². The molecule has 0 bridgehead atoms. The Hall–Kier alpha value is -1.44. The Morgan fingerprint density at radius 3 is 2.33 bits per heavy atom. The molecule has 2 saturated heterocycles. The number of carbonyl (C=O) groups is 1. The van der Waals surface area contributed by atoms with Crippen LogP contribution in [0.2, 0.25) is 0 Å². The van der Waals surface area contributed by atoms with Gasteiger partial charge in [-0.15, -0.1) is 0 Å². The monoisotopic (exact) mass is 376 g/mol. The van der Waals surface area contributed by atoms with Crippen LogP contribution in [0, 0.1) is 13.8 Å². The van der Waals surface area contributed by atoms with Crippen LogP contribution in [0.15, 0.2) is 0 Å². The van der Waals surface area contributed by atoms with Gasteiger partial charge in [0.15, 0.2) is 0 Å². The molecule has 3 heterocycles. The summed E-state index contributed by atoms with van der Waals surface area (Å²) in [6.45, 7) is 15.7. The van der Waals surface area contributed by atoms with E-state index in [0.717, 1.165) is 76.7 Å². The molecule has 2 aliphatic heterocycles. The minimum absolute atomic E-state index is 0.0329. The third-order valence-electron chi connectivity index (χ3n) is 6.22. The van der Waals surface area contributed by atoms with Gasteiger partial charge in [-0.2, -0.15) is 0 Å². The molecular formula is C20H36N6O. The van der Waals surface area contributed by atoms with E-state index >= 15 is 0 Å². The summed E-state index contributed by atoms with van der Waals surface area (Å²) >= 11 is 0. The zero-order valence-corrected chi connectivity index (χ0v) is 17.5. The van der Waals surface area contributed by atoms with Crippen LogP contribution in [0.4, 0.5) is 0 Å². The van der Waals surface area contributed by atoms with Crippen molar-refractivity contribution >= 4 is 5.91 Å². The van der Waals surface area contributed by atoms with Gasteiger partial charge in [0.05, 0.1) is 0 Å². The largest absolute Gasteiger partial charge is 0.349 e. The number of nitrogens with one attached hydrogen (secondary N) is 1. The van der Waals surface area contributed by atoms with Gasteiger partial charge in [0.2, 0.25) is 0 Å². The number of carbonyl (C=O) groups excluding carboxylic acids is 1. The smallest absolute Gasteiger partial charge is 0.271 e. The number of hydrogen-bond acceptors (Lipinski definition) is 5. The van der Waals surface area contributed by atoms with E-state index in [9.17, 15) is 4.79 Å². The van der Waals surface area contributed by atoms with Crippen LogP contribution in [-0.2, 0) is 0 Å². The highest BCUT2D eigenvalue weighted by Gasteiger charge is 2.25. The zero-order chi connectivity index (χ0) is 19.4. The molecule has 0 aliphatic carbocycles. The predicted molar refractivity (Wildman–Crippen MR) is 108 cm³/mol. The lowest BCUT2D eigenvalue weighted by Crippen LogP contribution is -2.48. The molecule has 2 aliphatic rings. The average Bonchev–Trinajstić information content (AvgIpc) is 2.97. The molecule has 7 nitrogen and oxygen atoms in total. The van der Waals surface area contributed by atoms with Gasteiger partial charge in [-0.25, -0.2) is 4.98 Å². The standard InChI is InChI=1S/C20H36N6O/c1-5-24-12-14-25(15-13-24)11-8-21-20(27)19-16(2)26(17(3)22-19)18-6-9-23(4)10-7-18/h18H,5-15H2,1-4H3,(H,21,27). The Labute approximate surface area is 163 Å². The highest BCUT2D eigenvalue weighted by molar-refractivity contribution is 5.93. The van der Waals surface area contributed by atoms with Crippen molar-refractivity contribution in [3.63, 3.8) is 0 Å². The highest BCUT2D eigenvalue weighted by Crippen LogP contribution is 2.26. The fourth-order valence-corrected chi connectivity index (χ4v) is 4.40. The van der Waals surface area contributed by atoms with Crippen LogP contribution in [0.25, 0.3) is 0 Å².